The second-order valence-electron chi connectivity index (χ2n) is 4.74. The second kappa shape index (κ2) is 5.65. The Morgan fingerprint density at radius 2 is 1.79 bits per heavy atom. The summed E-state index contributed by atoms with van der Waals surface area (Å²) < 4.78 is 0. The highest BCUT2D eigenvalue weighted by Crippen LogP contribution is 2.23. The van der Waals surface area contributed by atoms with Crippen LogP contribution in [-0.2, 0) is 9.59 Å². The molecule has 3 nitrogen and oxygen atoms in total. The van der Waals surface area contributed by atoms with E-state index in [1.54, 1.807) is 0 Å². The molecule has 1 amide bonds. The Bertz CT molecular complexity index is 614. The molecule has 3 heteroatoms. The molecule has 0 aliphatic rings. The second-order valence-corrected chi connectivity index (χ2v) is 4.74. The number of hydrogen-bond acceptors (Lipinski definition) is 2. The minimum Gasteiger partial charge on any atom is -0.349 e. The van der Waals surface area contributed by atoms with Gasteiger partial charge in [-0.3, -0.25) is 9.59 Å². The number of hydrogen-bond donors (Lipinski definition) is 1. The van der Waals surface area contributed by atoms with E-state index < -0.39 is 0 Å². The van der Waals surface area contributed by atoms with Crippen LogP contribution in [0.3, 0.4) is 0 Å². The largest absolute Gasteiger partial charge is 0.349 e. The first-order chi connectivity index (χ1) is 9.08. The molecule has 0 fully saturated rings. The van der Waals surface area contributed by atoms with E-state index in [1.807, 2.05) is 49.4 Å². The Labute approximate surface area is 112 Å². The summed E-state index contributed by atoms with van der Waals surface area (Å²) in [5, 5.41) is 5.13. The molecule has 2 rings (SSSR count). The maximum atomic E-state index is 11.6. The minimum absolute atomic E-state index is 0.0604. The fourth-order valence-corrected chi connectivity index (χ4v) is 2.22. The number of Topliss-reactive ketones (excluding diaryl/α,β-unsaturated/α-hetero) is 1. The van der Waals surface area contributed by atoms with Crippen molar-refractivity contribution < 1.29 is 9.59 Å². The molecule has 0 bridgehead atoms. The molecule has 0 radical (unpaired) electrons. The van der Waals surface area contributed by atoms with Gasteiger partial charge in [0.25, 0.3) is 0 Å². The molecule has 0 aliphatic carbocycles. The first kappa shape index (κ1) is 13.3. The van der Waals surface area contributed by atoms with Crippen LogP contribution < -0.4 is 5.32 Å². The summed E-state index contributed by atoms with van der Waals surface area (Å²) in [5.41, 5.74) is 1.06. The molecular formula is C16H17NO2. The van der Waals surface area contributed by atoms with Gasteiger partial charge in [-0.05, 0) is 30.2 Å². The maximum Gasteiger partial charge on any atom is 0.227 e. The zero-order valence-electron chi connectivity index (χ0n) is 11.1. The van der Waals surface area contributed by atoms with E-state index in [-0.39, 0.29) is 24.2 Å². The van der Waals surface area contributed by atoms with E-state index in [0.717, 1.165) is 16.3 Å². The molecule has 1 N–H and O–H groups in total. The molecule has 1 atom stereocenters. The van der Waals surface area contributed by atoms with Gasteiger partial charge in [0.05, 0.1) is 12.5 Å². The molecular weight excluding hydrogens is 238 g/mol. The van der Waals surface area contributed by atoms with Gasteiger partial charge in [0, 0.05) is 0 Å². The smallest absolute Gasteiger partial charge is 0.227 e. The van der Waals surface area contributed by atoms with Crippen molar-refractivity contribution in [2.75, 3.05) is 0 Å². The van der Waals surface area contributed by atoms with E-state index in [2.05, 4.69) is 5.32 Å². The topological polar surface area (TPSA) is 46.2 Å². The van der Waals surface area contributed by atoms with Crippen molar-refractivity contribution >= 4 is 22.5 Å². The Hall–Kier alpha value is -2.16. The van der Waals surface area contributed by atoms with Crippen molar-refractivity contribution in [1.82, 2.24) is 5.32 Å². The van der Waals surface area contributed by atoms with Gasteiger partial charge >= 0.3 is 0 Å². The van der Waals surface area contributed by atoms with Gasteiger partial charge in [0.2, 0.25) is 5.91 Å². The van der Waals surface area contributed by atoms with Gasteiger partial charge in [-0.2, -0.15) is 0 Å². The molecule has 98 valence electrons. The molecule has 0 saturated carbocycles. The lowest BCUT2D eigenvalue weighted by atomic mass is 9.99. The third-order valence-electron chi connectivity index (χ3n) is 3.08. The fourth-order valence-electron chi connectivity index (χ4n) is 2.22. The maximum absolute atomic E-state index is 11.6. The third kappa shape index (κ3) is 3.19. The SMILES string of the molecule is CC(=O)CC(=O)NC(C)c1cccc2ccccc12. The Morgan fingerprint density at radius 3 is 2.53 bits per heavy atom. The first-order valence-corrected chi connectivity index (χ1v) is 6.34. The Balaban J connectivity index is 2.24. The monoisotopic (exact) mass is 255 g/mol. The van der Waals surface area contributed by atoms with Crippen LogP contribution in [0.1, 0.15) is 31.9 Å². The van der Waals surface area contributed by atoms with Crippen molar-refractivity contribution in [3.8, 4) is 0 Å². The van der Waals surface area contributed by atoms with Gasteiger partial charge < -0.3 is 5.32 Å². The lowest BCUT2D eigenvalue weighted by Crippen LogP contribution is -2.28. The van der Waals surface area contributed by atoms with E-state index in [4.69, 9.17) is 0 Å². The Morgan fingerprint density at radius 1 is 1.11 bits per heavy atom. The van der Waals surface area contributed by atoms with Crippen LogP contribution >= 0.6 is 0 Å². The van der Waals surface area contributed by atoms with Crippen molar-refractivity contribution in [3.05, 3.63) is 48.0 Å². The molecule has 0 aliphatic heterocycles. The predicted octanol–water partition coefficient (Wildman–Crippen LogP) is 3.00. The molecule has 19 heavy (non-hydrogen) atoms. The van der Waals surface area contributed by atoms with Crippen LogP contribution in [0.5, 0.6) is 0 Å². The number of fused-ring (bicyclic) bond motifs is 1. The van der Waals surface area contributed by atoms with E-state index >= 15 is 0 Å². The Kier molecular flexibility index (Phi) is 3.95. The number of carbonyl (C=O) groups excluding carboxylic acids is 2. The van der Waals surface area contributed by atoms with Crippen molar-refractivity contribution in [2.45, 2.75) is 26.3 Å². The van der Waals surface area contributed by atoms with E-state index in [9.17, 15) is 9.59 Å². The number of benzene rings is 2. The molecule has 2 aromatic carbocycles. The first-order valence-electron chi connectivity index (χ1n) is 6.34. The molecule has 0 spiro atoms. The van der Waals surface area contributed by atoms with Gasteiger partial charge in [0.1, 0.15) is 5.78 Å². The molecule has 1 unspecified atom stereocenters. The molecule has 0 aromatic heterocycles. The highest BCUT2D eigenvalue weighted by molar-refractivity contribution is 5.97. The fraction of sp³-hybridized carbons (Fsp3) is 0.250. The zero-order valence-corrected chi connectivity index (χ0v) is 11.1. The van der Waals surface area contributed by atoms with Gasteiger partial charge in [-0.15, -0.1) is 0 Å². The lowest BCUT2D eigenvalue weighted by molar-refractivity contribution is -0.127. The standard InChI is InChI=1S/C16H17NO2/c1-11(18)10-16(19)17-12(2)14-9-5-7-13-6-3-4-8-15(13)14/h3-9,12H,10H2,1-2H3,(H,17,19). The van der Waals surface area contributed by atoms with Crippen molar-refractivity contribution in [3.63, 3.8) is 0 Å². The van der Waals surface area contributed by atoms with Crippen LogP contribution in [0.15, 0.2) is 42.5 Å². The van der Waals surface area contributed by atoms with Crippen molar-refractivity contribution in [2.24, 2.45) is 0 Å². The van der Waals surface area contributed by atoms with Crippen LogP contribution in [0.25, 0.3) is 10.8 Å². The minimum atomic E-state index is -0.229. The van der Waals surface area contributed by atoms with E-state index in [1.165, 1.54) is 6.92 Å². The quantitative estimate of drug-likeness (QED) is 0.854. The van der Waals surface area contributed by atoms with Gasteiger partial charge in [-0.25, -0.2) is 0 Å². The highest BCUT2D eigenvalue weighted by Gasteiger charge is 2.13. The number of ketones is 1. The van der Waals surface area contributed by atoms with Crippen LogP contribution in [0, 0.1) is 0 Å². The number of rotatable bonds is 4. The summed E-state index contributed by atoms with van der Waals surface area (Å²) in [6.45, 7) is 3.35. The molecule has 2 aromatic rings. The summed E-state index contributed by atoms with van der Waals surface area (Å²) in [6.07, 6.45) is -0.0604. The van der Waals surface area contributed by atoms with Crippen LogP contribution in [0.2, 0.25) is 0 Å². The van der Waals surface area contributed by atoms with Crippen LogP contribution in [-0.4, -0.2) is 11.7 Å². The summed E-state index contributed by atoms with van der Waals surface area (Å²) in [4.78, 5) is 22.6. The summed E-state index contributed by atoms with van der Waals surface area (Å²) >= 11 is 0. The van der Waals surface area contributed by atoms with E-state index in [0.29, 0.717) is 0 Å². The number of carbonyl (C=O) groups is 2. The average Bonchev–Trinajstić information content (AvgIpc) is 2.36. The number of amides is 1. The highest BCUT2D eigenvalue weighted by atomic mass is 16.2. The normalized spacial score (nSPS) is 12.1. The number of nitrogens with one attached hydrogen (secondary N) is 1. The molecule has 0 heterocycles. The average molecular weight is 255 g/mol. The zero-order chi connectivity index (χ0) is 13.8. The summed E-state index contributed by atoms with van der Waals surface area (Å²) in [5.74, 6) is -0.351. The van der Waals surface area contributed by atoms with Crippen molar-refractivity contribution in [1.29, 1.82) is 0 Å². The predicted molar refractivity (Wildman–Crippen MR) is 75.8 cm³/mol. The third-order valence-corrected chi connectivity index (χ3v) is 3.08. The molecule has 0 saturated heterocycles. The van der Waals surface area contributed by atoms with Gasteiger partial charge in [0.15, 0.2) is 0 Å². The lowest BCUT2D eigenvalue weighted by Gasteiger charge is -2.16. The van der Waals surface area contributed by atoms with Crippen LogP contribution in [0.4, 0.5) is 0 Å². The summed E-state index contributed by atoms with van der Waals surface area (Å²) in [7, 11) is 0. The summed E-state index contributed by atoms with van der Waals surface area (Å²) in [6, 6.07) is 14.0. The van der Waals surface area contributed by atoms with Gasteiger partial charge in [-0.1, -0.05) is 42.5 Å².